The zero-order chi connectivity index (χ0) is 14.8. The van der Waals surface area contributed by atoms with E-state index in [0.29, 0.717) is 23.3 Å². The van der Waals surface area contributed by atoms with Gasteiger partial charge in [-0.15, -0.1) is 11.3 Å². The van der Waals surface area contributed by atoms with E-state index in [-0.39, 0.29) is 11.8 Å². The summed E-state index contributed by atoms with van der Waals surface area (Å²) in [7, 11) is 0. The van der Waals surface area contributed by atoms with Gasteiger partial charge in [0, 0.05) is 31.4 Å². The normalized spacial score (nSPS) is 22.2. The number of hydrogen-bond acceptors (Lipinski definition) is 5. The number of carbonyl (C=O) groups excluding carboxylic acids is 2. The number of rotatable bonds is 5. The first-order valence-corrected chi connectivity index (χ1v) is 8.25. The molecule has 3 rings (SSSR count). The summed E-state index contributed by atoms with van der Waals surface area (Å²) in [4.78, 5) is 29.6. The smallest absolute Gasteiger partial charge is 0.270 e. The van der Waals surface area contributed by atoms with Crippen molar-refractivity contribution in [3.8, 4) is 0 Å². The first-order valence-electron chi connectivity index (χ1n) is 7.37. The highest BCUT2D eigenvalue weighted by Gasteiger charge is 2.34. The van der Waals surface area contributed by atoms with Crippen LogP contribution >= 0.6 is 11.3 Å². The van der Waals surface area contributed by atoms with Crippen molar-refractivity contribution in [2.45, 2.75) is 32.2 Å². The molecule has 0 aromatic carbocycles. The fourth-order valence-corrected chi connectivity index (χ4v) is 3.45. The van der Waals surface area contributed by atoms with Gasteiger partial charge in [0.05, 0.1) is 0 Å². The average molecular weight is 308 g/mol. The summed E-state index contributed by atoms with van der Waals surface area (Å²) in [6, 6.07) is 0.810. The van der Waals surface area contributed by atoms with Crippen LogP contribution in [0.3, 0.4) is 0 Å². The van der Waals surface area contributed by atoms with Crippen molar-refractivity contribution in [1.82, 2.24) is 15.2 Å². The Labute approximate surface area is 127 Å². The van der Waals surface area contributed by atoms with Gasteiger partial charge in [-0.25, -0.2) is 4.98 Å². The molecule has 21 heavy (non-hydrogen) atoms. The minimum atomic E-state index is -0.178. The molecule has 1 aromatic heterocycles. The number of aromatic nitrogens is 1. The average Bonchev–Trinajstić information content (AvgIpc) is 3.00. The van der Waals surface area contributed by atoms with E-state index < -0.39 is 0 Å². The predicted octanol–water partition coefficient (Wildman–Crippen LogP) is 1.32. The number of amides is 2. The summed E-state index contributed by atoms with van der Waals surface area (Å²) >= 11 is 1.26. The lowest BCUT2D eigenvalue weighted by Gasteiger charge is -2.14. The molecule has 2 amide bonds. The first kappa shape index (κ1) is 14.5. The number of thiazole rings is 1. The van der Waals surface area contributed by atoms with Crippen LogP contribution in [-0.2, 0) is 4.79 Å². The van der Waals surface area contributed by atoms with Gasteiger partial charge in [-0.3, -0.25) is 9.59 Å². The molecular weight excluding hydrogens is 288 g/mol. The summed E-state index contributed by atoms with van der Waals surface area (Å²) in [6.45, 7) is 4.38. The van der Waals surface area contributed by atoms with Gasteiger partial charge < -0.3 is 15.5 Å². The zero-order valence-electron chi connectivity index (χ0n) is 12.1. The monoisotopic (exact) mass is 308 g/mol. The zero-order valence-corrected chi connectivity index (χ0v) is 12.9. The molecule has 0 radical (unpaired) electrons. The topological polar surface area (TPSA) is 74.3 Å². The van der Waals surface area contributed by atoms with Crippen molar-refractivity contribution in [3.05, 3.63) is 11.1 Å². The van der Waals surface area contributed by atoms with Gasteiger partial charge in [0.1, 0.15) is 5.69 Å². The van der Waals surface area contributed by atoms with Crippen LogP contribution in [0.25, 0.3) is 0 Å². The van der Waals surface area contributed by atoms with E-state index in [1.807, 2.05) is 0 Å². The molecule has 6 nitrogen and oxygen atoms in total. The molecule has 0 unspecified atom stereocenters. The van der Waals surface area contributed by atoms with Crippen LogP contribution in [0.2, 0.25) is 0 Å². The number of nitrogens with one attached hydrogen (secondary N) is 2. The number of hydrogen-bond donors (Lipinski definition) is 2. The summed E-state index contributed by atoms with van der Waals surface area (Å²) in [5, 5.41) is 7.68. The Morgan fingerprint density at radius 1 is 1.43 bits per heavy atom. The second kappa shape index (κ2) is 6.11. The van der Waals surface area contributed by atoms with Crippen LogP contribution in [0.15, 0.2) is 5.38 Å². The van der Waals surface area contributed by atoms with E-state index in [1.54, 1.807) is 5.38 Å². The van der Waals surface area contributed by atoms with E-state index in [1.165, 1.54) is 31.1 Å². The van der Waals surface area contributed by atoms with Crippen molar-refractivity contribution in [2.75, 3.05) is 25.0 Å². The highest BCUT2D eigenvalue weighted by atomic mass is 32.1. The Kier molecular flexibility index (Phi) is 4.21. The summed E-state index contributed by atoms with van der Waals surface area (Å²) in [5.74, 6) is 0.207. The standard InChI is InChI=1S/C14H20N4O2S/c1-9(19)16-14-17-12(8-21-14)13(20)15-6-10-4-5-18(7-10)11-2-3-11/h8,10-11H,2-7H2,1H3,(H,15,20)(H,16,17,19)/t10-/m0/s1. The highest BCUT2D eigenvalue weighted by molar-refractivity contribution is 7.14. The molecule has 2 aliphatic rings. The molecule has 7 heteroatoms. The number of nitrogens with zero attached hydrogens (tertiary/aromatic N) is 2. The molecule has 2 heterocycles. The molecule has 0 bridgehead atoms. The second-order valence-corrected chi connectivity index (χ2v) is 6.67. The van der Waals surface area contributed by atoms with Gasteiger partial charge in [0.2, 0.25) is 5.91 Å². The largest absolute Gasteiger partial charge is 0.350 e. The van der Waals surface area contributed by atoms with E-state index in [9.17, 15) is 9.59 Å². The second-order valence-electron chi connectivity index (χ2n) is 5.81. The third-order valence-corrected chi connectivity index (χ3v) is 4.71. The van der Waals surface area contributed by atoms with Crippen LogP contribution in [-0.4, -0.2) is 47.4 Å². The Morgan fingerprint density at radius 2 is 2.24 bits per heavy atom. The SMILES string of the molecule is CC(=O)Nc1nc(C(=O)NC[C@@H]2CCN(C3CC3)C2)cs1. The summed E-state index contributed by atoms with van der Waals surface area (Å²) < 4.78 is 0. The molecule has 0 spiro atoms. The van der Waals surface area contributed by atoms with Crippen molar-refractivity contribution in [1.29, 1.82) is 0 Å². The minimum Gasteiger partial charge on any atom is -0.350 e. The lowest BCUT2D eigenvalue weighted by Crippen LogP contribution is -2.31. The molecule has 2 fully saturated rings. The number of carbonyl (C=O) groups is 2. The van der Waals surface area contributed by atoms with Crippen LogP contribution in [0.1, 0.15) is 36.7 Å². The minimum absolute atomic E-state index is 0.160. The molecule has 2 N–H and O–H groups in total. The van der Waals surface area contributed by atoms with E-state index in [4.69, 9.17) is 0 Å². The molecule has 1 aromatic rings. The molecule has 114 valence electrons. The van der Waals surface area contributed by atoms with Crippen LogP contribution in [0.4, 0.5) is 5.13 Å². The van der Waals surface area contributed by atoms with Gasteiger partial charge in [-0.1, -0.05) is 0 Å². The summed E-state index contributed by atoms with van der Waals surface area (Å²) in [5.41, 5.74) is 0.376. The van der Waals surface area contributed by atoms with Gasteiger partial charge >= 0.3 is 0 Å². The van der Waals surface area contributed by atoms with Crippen LogP contribution in [0, 0.1) is 5.92 Å². The Balaban J connectivity index is 1.45. The van der Waals surface area contributed by atoms with E-state index >= 15 is 0 Å². The van der Waals surface area contributed by atoms with Crippen LogP contribution < -0.4 is 10.6 Å². The van der Waals surface area contributed by atoms with Crippen LogP contribution in [0.5, 0.6) is 0 Å². The fraction of sp³-hybridized carbons (Fsp3) is 0.643. The molecule has 1 saturated heterocycles. The van der Waals surface area contributed by atoms with Crippen molar-refractivity contribution >= 4 is 28.3 Å². The number of anilines is 1. The van der Waals surface area contributed by atoms with Gasteiger partial charge in [0.25, 0.3) is 5.91 Å². The lowest BCUT2D eigenvalue weighted by atomic mass is 10.1. The molecule has 1 aliphatic heterocycles. The molecule has 1 atom stereocenters. The predicted molar refractivity (Wildman–Crippen MR) is 81.5 cm³/mol. The summed E-state index contributed by atoms with van der Waals surface area (Å²) in [6.07, 6.45) is 3.83. The van der Waals surface area contributed by atoms with E-state index in [2.05, 4.69) is 20.5 Å². The fourth-order valence-electron chi connectivity index (χ4n) is 2.71. The molecule has 1 saturated carbocycles. The van der Waals surface area contributed by atoms with Crippen molar-refractivity contribution in [3.63, 3.8) is 0 Å². The van der Waals surface area contributed by atoms with Crippen molar-refractivity contribution in [2.24, 2.45) is 5.92 Å². The van der Waals surface area contributed by atoms with E-state index in [0.717, 1.165) is 25.6 Å². The number of likely N-dealkylation sites (tertiary alicyclic amines) is 1. The third-order valence-electron chi connectivity index (χ3n) is 3.95. The molecular formula is C14H20N4O2S. The quantitative estimate of drug-likeness (QED) is 0.860. The van der Waals surface area contributed by atoms with Crippen molar-refractivity contribution < 1.29 is 9.59 Å². The maximum atomic E-state index is 12.0. The lowest BCUT2D eigenvalue weighted by molar-refractivity contribution is -0.114. The Hall–Kier alpha value is -1.47. The highest BCUT2D eigenvalue weighted by Crippen LogP contribution is 2.31. The first-order chi connectivity index (χ1) is 10.1. The molecule has 1 aliphatic carbocycles. The Morgan fingerprint density at radius 3 is 2.95 bits per heavy atom. The third kappa shape index (κ3) is 3.79. The Bertz CT molecular complexity index is 541. The maximum absolute atomic E-state index is 12.0. The van der Waals surface area contributed by atoms with Gasteiger partial charge in [-0.05, 0) is 31.7 Å². The maximum Gasteiger partial charge on any atom is 0.270 e. The van der Waals surface area contributed by atoms with Gasteiger partial charge in [0.15, 0.2) is 5.13 Å². The van der Waals surface area contributed by atoms with Gasteiger partial charge in [-0.2, -0.15) is 0 Å².